The average Bonchev–Trinajstić information content (AvgIpc) is 3.15. The van der Waals surface area contributed by atoms with Crippen molar-refractivity contribution in [3.05, 3.63) is 83.2 Å². The highest BCUT2D eigenvalue weighted by Gasteiger charge is 2.25. The fraction of sp³-hybridized carbons (Fsp3) is 0.300. The number of H-pyrrole nitrogens is 1. The topological polar surface area (TPSA) is 53.6 Å². The lowest BCUT2D eigenvalue weighted by molar-refractivity contribution is 0.420. The molecular formula is C20H22N4. The molecule has 4 nitrogen and oxygen atoms in total. The Morgan fingerprint density at radius 1 is 1.25 bits per heavy atom. The fourth-order valence-electron chi connectivity index (χ4n) is 3.61. The first-order valence-electron chi connectivity index (χ1n) is 8.56. The summed E-state index contributed by atoms with van der Waals surface area (Å²) in [5.74, 6) is 0.933. The number of aryl methyl sites for hydroxylation is 2. The van der Waals surface area contributed by atoms with Crippen molar-refractivity contribution in [2.45, 2.75) is 38.3 Å². The van der Waals surface area contributed by atoms with Crippen molar-refractivity contribution < 1.29 is 0 Å². The number of benzene rings is 1. The molecule has 0 fully saturated rings. The number of rotatable bonds is 4. The normalized spacial score (nSPS) is 18.1. The summed E-state index contributed by atoms with van der Waals surface area (Å²) >= 11 is 0. The number of hydrogen-bond donors (Lipinski definition) is 2. The van der Waals surface area contributed by atoms with E-state index in [4.69, 9.17) is 0 Å². The molecule has 0 amide bonds. The predicted octanol–water partition coefficient (Wildman–Crippen LogP) is 3.87. The van der Waals surface area contributed by atoms with Gasteiger partial charge in [0.2, 0.25) is 0 Å². The number of nitrogens with one attached hydrogen (secondary N) is 2. The highest BCUT2D eigenvalue weighted by atomic mass is 15.0. The molecule has 0 saturated heterocycles. The summed E-state index contributed by atoms with van der Waals surface area (Å²) in [7, 11) is 0. The zero-order valence-electron chi connectivity index (χ0n) is 13.9. The minimum Gasteiger partial charge on any atom is -0.347 e. The molecule has 0 unspecified atom stereocenters. The van der Waals surface area contributed by atoms with Crippen LogP contribution < -0.4 is 5.32 Å². The van der Waals surface area contributed by atoms with Crippen LogP contribution in [0.5, 0.6) is 0 Å². The van der Waals surface area contributed by atoms with E-state index in [1.165, 1.54) is 29.5 Å². The van der Waals surface area contributed by atoms with E-state index in [0.717, 1.165) is 17.8 Å². The average molecular weight is 318 g/mol. The molecular weight excluding hydrogens is 296 g/mol. The van der Waals surface area contributed by atoms with Crippen molar-refractivity contribution in [3.63, 3.8) is 0 Å². The molecule has 1 aromatic carbocycles. The van der Waals surface area contributed by atoms with Gasteiger partial charge in [0.1, 0.15) is 5.82 Å². The van der Waals surface area contributed by atoms with Crippen LogP contribution in [-0.4, -0.2) is 15.0 Å². The van der Waals surface area contributed by atoms with E-state index in [2.05, 4.69) is 51.5 Å². The van der Waals surface area contributed by atoms with Gasteiger partial charge in [0.05, 0.1) is 6.04 Å². The van der Waals surface area contributed by atoms with Gasteiger partial charge in [-0.1, -0.05) is 29.8 Å². The maximum Gasteiger partial charge on any atom is 0.127 e. The largest absolute Gasteiger partial charge is 0.347 e. The first-order valence-corrected chi connectivity index (χ1v) is 8.56. The number of hydrogen-bond acceptors (Lipinski definition) is 3. The van der Waals surface area contributed by atoms with E-state index in [-0.39, 0.29) is 6.04 Å². The van der Waals surface area contributed by atoms with E-state index in [9.17, 15) is 0 Å². The Morgan fingerprint density at radius 2 is 2.21 bits per heavy atom. The lowest BCUT2D eigenvalue weighted by atomic mass is 9.86. The predicted molar refractivity (Wildman–Crippen MR) is 94.7 cm³/mol. The summed E-state index contributed by atoms with van der Waals surface area (Å²) in [6.07, 6.45) is 10.9. The molecule has 0 bridgehead atoms. The monoisotopic (exact) mass is 318 g/mol. The third-order valence-electron chi connectivity index (χ3n) is 4.79. The molecule has 4 rings (SSSR count). The lowest BCUT2D eigenvalue weighted by Gasteiger charge is -2.30. The maximum atomic E-state index is 4.49. The van der Waals surface area contributed by atoms with Crippen LogP contribution in [0.15, 0.2) is 55.1 Å². The summed E-state index contributed by atoms with van der Waals surface area (Å²) in [4.78, 5) is 12.0. The van der Waals surface area contributed by atoms with Gasteiger partial charge in [-0.15, -0.1) is 0 Å². The van der Waals surface area contributed by atoms with E-state index < -0.39 is 0 Å². The Balaban J connectivity index is 1.68. The molecule has 122 valence electrons. The second-order valence-corrected chi connectivity index (χ2v) is 6.51. The molecule has 0 aliphatic heterocycles. The van der Waals surface area contributed by atoms with Crippen molar-refractivity contribution in [2.24, 2.45) is 0 Å². The van der Waals surface area contributed by atoms with E-state index >= 15 is 0 Å². The van der Waals surface area contributed by atoms with Crippen LogP contribution in [0, 0.1) is 6.92 Å². The first-order chi connectivity index (χ1) is 11.8. The standard InChI is InChI=1S/C20H22N4/c1-14-7-8-15-4-2-6-18(17(15)12-14)24-19(20-22-10-11-23-20)16-5-3-9-21-13-16/h3,5,7-13,18-19,24H,2,4,6H2,1H3,(H,22,23)/t18-,19+/m1/s1. The Bertz CT molecular complexity index is 796. The molecule has 2 aromatic heterocycles. The smallest absolute Gasteiger partial charge is 0.127 e. The quantitative estimate of drug-likeness (QED) is 0.768. The van der Waals surface area contributed by atoms with Crippen molar-refractivity contribution in [1.29, 1.82) is 0 Å². The van der Waals surface area contributed by atoms with E-state index in [0.29, 0.717) is 6.04 Å². The Morgan fingerprint density at radius 3 is 3.00 bits per heavy atom. The van der Waals surface area contributed by atoms with Crippen molar-refractivity contribution in [2.75, 3.05) is 0 Å². The molecule has 1 aliphatic rings. The minimum absolute atomic E-state index is 0.0187. The number of aromatic amines is 1. The van der Waals surface area contributed by atoms with Gasteiger partial charge in [0.15, 0.2) is 0 Å². The molecule has 2 atom stereocenters. The van der Waals surface area contributed by atoms with Crippen LogP contribution in [0.3, 0.4) is 0 Å². The number of nitrogens with zero attached hydrogens (tertiary/aromatic N) is 2. The maximum absolute atomic E-state index is 4.49. The van der Waals surface area contributed by atoms with Crippen LogP contribution >= 0.6 is 0 Å². The molecule has 2 N–H and O–H groups in total. The Kier molecular flexibility index (Phi) is 4.13. The van der Waals surface area contributed by atoms with Gasteiger partial charge in [-0.05, 0) is 48.9 Å². The minimum atomic E-state index is 0.0187. The molecule has 0 spiro atoms. The lowest BCUT2D eigenvalue weighted by Crippen LogP contribution is -2.30. The van der Waals surface area contributed by atoms with Gasteiger partial charge in [-0.25, -0.2) is 4.98 Å². The van der Waals surface area contributed by atoms with Crippen molar-refractivity contribution in [1.82, 2.24) is 20.3 Å². The third kappa shape index (κ3) is 2.97. The van der Waals surface area contributed by atoms with Gasteiger partial charge in [-0.2, -0.15) is 0 Å². The van der Waals surface area contributed by atoms with Crippen molar-refractivity contribution >= 4 is 0 Å². The zero-order valence-corrected chi connectivity index (χ0v) is 13.9. The van der Waals surface area contributed by atoms with Crippen LogP contribution in [0.25, 0.3) is 0 Å². The zero-order chi connectivity index (χ0) is 16.4. The van der Waals surface area contributed by atoms with Gasteiger partial charge in [0, 0.05) is 30.8 Å². The number of fused-ring (bicyclic) bond motifs is 1. The molecule has 1 aliphatic carbocycles. The second kappa shape index (κ2) is 6.57. The van der Waals surface area contributed by atoms with Gasteiger partial charge >= 0.3 is 0 Å². The molecule has 3 aromatic rings. The Hall–Kier alpha value is -2.46. The number of pyridine rings is 1. The van der Waals surface area contributed by atoms with E-state index in [1.54, 1.807) is 6.20 Å². The molecule has 2 heterocycles. The molecule has 24 heavy (non-hydrogen) atoms. The third-order valence-corrected chi connectivity index (χ3v) is 4.79. The summed E-state index contributed by atoms with van der Waals surface area (Å²) in [6.45, 7) is 2.16. The van der Waals surface area contributed by atoms with Gasteiger partial charge in [0.25, 0.3) is 0 Å². The highest BCUT2D eigenvalue weighted by Crippen LogP contribution is 2.33. The van der Waals surface area contributed by atoms with Crippen LogP contribution in [0.1, 0.15) is 53.0 Å². The van der Waals surface area contributed by atoms with E-state index in [1.807, 2.05) is 24.7 Å². The molecule has 4 heteroatoms. The second-order valence-electron chi connectivity index (χ2n) is 6.51. The van der Waals surface area contributed by atoms with Crippen molar-refractivity contribution in [3.8, 4) is 0 Å². The summed E-state index contributed by atoms with van der Waals surface area (Å²) < 4.78 is 0. The molecule has 0 saturated carbocycles. The SMILES string of the molecule is Cc1ccc2c(c1)[C@H](N[C@@H](c1cccnc1)c1ncc[nH]1)CCC2. The summed E-state index contributed by atoms with van der Waals surface area (Å²) in [6, 6.07) is 11.3. The Labute approximate surface area is 142 Å². The van der Waals surface area contributed by atoms with Crippen LogP contribution in [0.4, 0.5) is 0 Å². The first kappa shape index (κ1) is 15.1. The fourth-order valence-corrected chi connectivity index (χ4v) is 3.61. The van der Waals surface area contributed by atoms with Crippen LogP contribution in [-0.2, 0) is 6.42 Å². The van der Waals surface area contributed by atoms with Gasteiger partial charge in [-0.3, -0.25) is 10.3 Å². The van der Waals surface area contributed by atoms with Crippen LogP contribution in [0.2, 0.25) is 0 Å². The molecule has 0 radical (unpaired) electrons. The highest BCUT2D eigenvalue weighted by molar-refractivity contribution is 5.36. The number of aromatic nitrogens is 3. The summed E-state index contributed by atoms with van der Waals surface area (Å²) in [5, 5.41) is 3.82. The summed E-state index contributed by atoms with van der Waals surface area (Å²) in [5.41, 5.74) is 5.35. The number of imidazole rings is 1. The van der Waals surface area contributed by atoms with Gasteiger partial charge < -0.3 is 4.98 Å².